The predicted octanol–water partition coefficient (Wildman–Crippen LogP) is 3.51. The molecule has 0 aliphatic heterocycles. The number of ether oxygens (including phenoxy) is 1. The SMILES string of the molecule is CCOC(=O)NC(CNC(=O)C(C)n1c(-c2cccs2)n[nH]c1=S)CC(C)C. The Morgan fingerprint density at radius 1 is 1.39 bits per heavy atom. The lowest BCUT2D eigenvalue weighted by molar-refractivity contribution is -0.124. The zero-order chi connectivity index (χ0) is 20.7. The van der Waals surface area contributed by atoms with Crippen molar-refractivity contribution in [3.8, 4) is 10.7 Å². The lowest BCUT2D eigenvalue weighted by Crippen LogP contribution is -2.45. The van der Waals surface area contributed by atoms with Crippen LogP contribution in [-0.4, -0.2) is 46.0 Å². The molecule has 0 aromatic carbocycles. The topological polar surface area (TPSA) is 101 Å². The second-order valence-corrected chi connectivity index (χ2v) is 8.15. The van der Waals surface area contributed by atoms with Crippen LogP contribution in [0.15, 0.2) is 17.5 Å². The Bertz CT molecular complexity index is 829. The highest BCUT2D eigenvalue weighted by molar-refractivity contribution is 7.71. The van der Waals surface area contributed by atoms with Crippen molar-refractivity contribution >= 4 is 35.6 Å². The van der Waals surface area contributed by atoms with E-state index in [4.69, 9.17) is 17.0 Å². The first-order valence-corrected chi connectivity index (χ1v) is 10.5. The normalized spacial score (nSPS) is 13.2. The van der Waals surface area contributed by atoms with E-state index in [1.807, 2.05) is 17.5 Å². The van der Waals surface area contributed by atoms with E-state index in [2.05, 4.69) is 34.7 Å². The van der Waals surface area contributed by atoms with Gasteiger partial charge in [0.1, 0.15) is 6.04 Å². The molecule has 8 nitrogen and oxygen atoms in total. The summed E-state index contributed by atoms with van der Waals surface area (Å²) in [7, 11) is 0. The van der Waals surface area contributed by atoms with Crippen molar-refractivity contribution in [2.45, 2.75) is 46.2 Å². The van der Waals surface area contributed by atoms with Crippen LogP contribution < -0.4 is 10.6 Å². The highest BCUT2D eigenvalue weighted by Gasteiger charge is 2.23. The molecule has 2 atom stereocenters. The summed E-state index contributed by atoms with van der Waals surface area (Å²) in [5.74, 6) is 0.787. The maximum Gasteiger partial charge on any atom is 0.407 e. The summed E-state index contributed by atoms with van der Waals surface area (Å²) < 4.78 is 7.03. The first-order valence-electron chi connectivity index (χ1n) is 9.25. The van der Waals surface area contributed by atoms with E-state index in [-0.39, 0.29) is 11.9 Å². The second-order valence-electron chi connectivity index (χ2n) is 6.81. The Morgan fingerprint density at radius 3 is 2.75 bits per heavy atom. The molecule has 2 heterocycles. The number of rotatable bonds is 9. The second kappa shape index (κ2) is 10.4. The lowest BCUT2D eigenvalue weighted by Gasteiger charge is -2.22. The summed E-state index contributed by atoms with van der Waals surface area (Å²) >= 11 is 6.84. The summed E-state index contributed by atoms with van der Waals surface area (Å²) in [6.45, 7) is 8.24. The molecular formula is C18H27N5O3S2. The van der Waals surface area contributed by atoms with Gasteiger partial charge in [0.15, 0.2) is 10.6 Å². The number of nitrogens with one attached hydrogen (secondary N) is 3. The minimum atomic E-state index is -0.550. The largest absolute Gasteiger partial charge is 0.450 e. The van der Waals surface area contributed by atoms with Gasteiger partial charge in [-0.3, -0.25) is 14.5 Å². The van der Waals surface area contributed by atoms with Crippen LogP contribution in [0.1, 0.15) is 40.2 Å². The number of carbonyl (C=O) groups is 2. The van der Waals surface area contributed by atoms with Crippen molar-refractivity contribution in [2.75, 3.05) is 13.2 Å². The molecule has 0 saturated carbocycles. The maximum absolute atomic E-state index is 12.8. The number of H-pyrrole nitrogens is 1. The molecule has 0 aliphatic carbocycles. The molecule has 0 bridgehead atoms. The van der Waals surface area contributed by atoms with E-state index >= 15 is 0 Å². The third kappa shape index (κ3) is 5.90. The number of nitrogens with zero attached hydrogens (tertiary/aromatic N) is 2. The molecule has 10 heteroatoms. The standard InChI is InChI=1S/C18H27N5O3S2/c1-5-26-18(25)20-13(9-11(2)3)10-19-16(24)12(4)23-15(21-22-17(23)27)14-7-6-8-28-14/h6-8,11-13H,5,9-10H2,1-4H3,(H,19,24)(H,20,25)(H,22,27). The fourth-order valence-corrected chi connectivity index (χ4v) is 3.83. The number of aromatic amines is 1. The molecule has 2 unspecified atom stereocenters. The Hall–Kier alpha value is -2.20. The Labute approximate surface area is 173 Å². The fraction of sp³-hybridized carbons (Fsp3) is 0.556. The lowest BCUT2D eigenvalue weighted by atomic mass is 10.0. The van der Waals surface area contributed by atoms with E-state index in [1.54, 1.807) is 18.4 Å². The van der Waals surface area contributed by atoms with Gasteiger partial charge in [0.05, 0.1) is 11.5 Å². The maximum atomic E-state index is 12.8. The van der Waals surface area contributed by atoms with Crippen LogP contribution in [0.5, 0.6) is 0 Å². The molecule has 2 aromatic heterocycles. The predicted molar refractivity (Wildman–Crippen MR) is 112 cm³/mol. The van der Waals surface area contributed by atoms with Crippen LogP contribution in [0.25, 0.3) is 10.7 Å². The van der Waals surface area contributed by atoms with E-state index in [0.717, 1.165) is 11.3 Å². The van der Waals surface area contributed by atoms with Crippen molar-refractivity contribution in [2.24, 2.45) is 5.92 Å². The van der Waals surface area contributed by atoms with Crippen LogP contribution in [0.4, 0.5) is 4.79 Å². The van der Waals surface area contributed by atoms with Crippen molar-refractivity contribution in [3.63, 3.8) is 0 Å². The molecule has 3 N–H and O–H groups in total. The number of thiophene rings is 1. The molecule has 2 amide bonds. The van der Waals surface area contributed by atoms with Crippen molar-refractivity contribution in [1.82, 2.24) is 25.4 Å². The highest BCUT2D eigenvalue weighted by atomic mass is 32.1. The summed E-state index contributed by atoms with van der Waals surface area (Å²) in [6.07, 6.45) is 0.242. The van der Waals surface area contributed by atoms with Gasteiger partial charge in [-0.25, -0.2) is 4.79 Å². The van der Waals surface area contributed by atoms with E-state index < -0.39 is 12.1 Å². The molecular weight excluding hydrogens is 398 g/mol. The average Bonchev–Trinajstić information content (AvgIpc) is 3.27. The van der Waals surface area contributed by atoms with Crippen molar-refractivity contribution in [3.05, 3.63) is 22.3 Å². The van der Waals surface area contributed by atoms with Gasteiger partial charge in [-0.15, -0.1) is 11.3 Å². The Balaban J connectivity index is 2.06. The summed E-state index contributed by atoms with van der Waals surface area (Å²) in [6, 6.07) is 3.08. The van der Waals surface area contributed by atoms with Crippen molar-refractivity contribution in [1.29, 1.82) is 0 Å². The number of hydrogen-bond acceptors (Lipinski definition) is 6. The van der Waals surface area contributed by atoms with E-state index in [0.29, 0.717) is 29.7 Å². The molecule has 0 radical (unpaired) electrons. The smallest absolute Gasteiger partial charge is 0.407 e. The number of aromatic nitrogens is 3. The molecule has 0 fully saturated rings. The van der Waals surface area contributed by atoms with Crippen LogP contribution in [0.2, 0.25) is 0 Å². The average molecular weight is 426 g/mol. The van der Waals surface area contributed by atoms with Gasteiger partial charge in [0.25, 0.3) is 0 Å². The zero-order valence-electron chi connectivity index (χ0n) is 16.5. The zero-order valence-corrected chi connectivity index (χ0v) is 18.2. The summed E-state index contributed by atoms with van der Waals surface area (Å²) in [5.41, 5.74) is 0. The summed E-state index contributed by atoms with van der Waals surface area (Å²) in [4.78, 5) is 25.4. The van der Waals surface area contributed by atoms with Crippen LogP contribution in [-0.2, 0) is 9.53 Å². The minimum absolute atomic E-state index is 0.199. The first kappa shape index (κ1) is 22.1. The first-order chi connectivity index (χ1) is 13.3. The highest BCUT2D eigenvalue weighted by Crippen LogP contribution is 2.25. The number of amides is 2. The van der Waals surface area contributed by atoms with E-state index in [9.17, 15) is 9.59 Å². The molecule has 28 heavy (non-hydrogen) atoms. The number of hydrogen-bond donors (Lipinski definition) is 3. The van der Waals surface area contributed by atoms with E-state index in [1.165, 1.54) is 11.3 Å². The van der Waals surface area contributed by atoms with Gasteiger partial charge in [0.2, 0.25) is 5.91 Å². The molecule has 0 aliphatic rings. The van der Waals surface area contributed by atoms with Crippen molar-refractivity contribution < 1.29 is 14.3 Å². The van der Waals surface area contributed by atoms with Gasteiger partial charge >= 0.3 is 6.09 Å². The number of alkyl carbamates (subject to hydrolysis) is 1. The third-order valence-electron chi connectivity index (χ3n) is 4.09. The monoisotopic (exact) mass is 425 g/mol. The van der Waals surface area contributed by atoms with Gasteiger partial charge in [-0.05, 0) is 49.9 Å². The Kier molecular flexibility index (Phi) is 8.18. The number of carbonyl (C=O) groups excluding carboxylic acids is 2. The molecule has 2 rings (SSSR count). The molecule has 0 spiro atoms. The van der Waals surface area contributed by atoms with Gasteiger partial charge in [-0.1, -0.05) is 19.9 Å². The van der Waals surface area contributed by atoms with Crippen LogP contribution in [0.3, 0.4) is 0 Å². The summed E-state index contributed by atoms with van der Waals surface area (Å²) in [5, 5.41) is 14.7. The van der Waals surface area contributed by atoms with Gasteiger partial charge < -0.3 is 15.4 Å². The van der Waals surface area contributed by atoms with Crippen LogP contribution in [0, 0.1) is 10.7 Å². The van der Waals surface area contributed by atoms with Gasteiger partial charge in [0, 0.05) is 12.6 Å². The fourth-order valence-electron chi connectivity index (χ4n) is 2.83. The quantitative estimate of drug-likeness (QED) is 0.534. The minimum Gasteiger partial charge on any atom is -0.450 e. The molecule has 2 aromatic rings. The third-order valence-corrected chi connectivity index (χ3v) is 5.24. The Morgan fingerprint density at radius 2 is 2.14 bits per heavy atom. The van der Waals surface area contributed by atoms with Crippen LogP contribution >= 0.6 is 23.6 Å². The molecule has 154 valence electrons. The van der Waals surface area contributed by atoms with Gasteiger partial charge in [-0.2, -0.15) is 5.10 Å². The molecule has 0 saturated heterocycles.